The van der Waals surface area contributed by atoms with E-state index in [4.69, 9.17) is 4.74 Å². The van der Waals surface area contributed by atoms with Crippen LogP contribution in [0.1, 0.15) is 30.4 Å². The number of benzene rings is 1. The Kier molecular flexibility index (Phi) is 6.98. The van der Waals surface area contributed by atoms with Crippen molar-refractivity contribution in [2.45, 2.75) is 38.0 Å². The van der Waals surface area contributed by atoms with Crippen LogP contribution in [0.4, 0.5) is 0 Å². The Morgan fingerprint density at radius 1 is 1.28 bits per heavy atom. The Morgan fingerprint density at radius 3 is 2.60 bits per heavy atom. The normalized spacial score (nSPS) is 16.8. The van der Waals surface area contributed by atoms with E-state index in [0.717, 1.165) is 17.5 Å². The van der Waals surface area contributed by atoms with Gasteiger partial charge >= 0.3 is 0 Å². The SMILES string of the molecule is COCCCNC(=O)C1CCN(S(=O)(=O)c2cc(C)ccc2C)CC1. The van der Waals surface area contributed by atoms with Crippen LogP contribution in [0, 0.1) is 19.8 Å². The Bertz CT molecular complexity index is 695. The number of carbonyl (C=O) groups is 1. The molecule has 140 valence electrons. The standard InChI is InChI=1S/C18H28N2O4S/c1-14-5-6-15(2)17(13-14)25(22,23)20-10-7-16(8-11-20)18(21)19-9-4-12-24-3/h5-6,13,16H,4,7-12H2,1-3H3,(H,19,21). The van der Waals surface area contributed by atoms with E-state index in [1.54, 1.807) is 13.2 Å². The average molecular weight is 368 g/mol. The minimum atomic E-state index is -3.50. The number of ether oxygens (including phenoxy) is 1. The molecule has 2 rings (SSSR count). The van der Waals surface area contributed by atoms with Crippen LogP contribution >= 0.6 is 0 Å². The van der Waals surface area contributed by atoms with Gasteiger partial charge in [0.25, 0.3) is 0 Å². The van der Waals surface area contributed by atoms with Crippen molar-refractivity contribution in [3.05, 3.63) is 29.3 Å². The summed E-state index contributed by atoms with van der Waals surface area (Å²) in [5, 5.41) is 2.90. The smallest absolute Gasteiger partial charge is 0.243 e. The summed E-state index contributed by atoms with van der Waals surface area (Å²) in [7, 11) is -1.87. The van der Waals surface area contributed by atoms with Crippen LogP contribution in [0.2, 0.25) is 0 Å². The zero-order valence-corrected chi connectivity index (χ0v) is 16.1. The van der Waals surface area contributed by atoms with Crippen LogP contribution in [0.3, 0.4) is 0 Å². The maximum Gasteiger partial charge on any atom is 0.243 e. The first-order valence-corrected chi connectivity index (χ1v) is 10.1. The van der Waals surface area contributed by atoms with Gasteiger partial charge in [0.05, 0.1) is 4.90 Å². The van der Waals surface area contributed by atoms with Crippen molar-refractivity contribution in [1.82, 2.24) is 9.62 Å². The third-order valence-electron chi connectivity index (χ3n) is 4.61. The predicted molar refractivity (Wildman–Crippen MR) is 96.9 cm³/mol. The maximum atomic E-state index is 12.9. The first kappa shape index (κ1) is 19.9. The van der Waals surface area contributed by atoms with E-state index in [9.17, 15) is 13.2 Å². The first-order valence-electron chi connectivity index (χ1n) is 8.70. The van der Waals surface area contributed by atoms with Crippen LogP contribution in [-0.2, 0) is 19.6 Å². The highest BCUT2D eigenvalue weighted by Crippen LogP contribution is 2.26. The van der Waals surface area contributed by atoms with E-state index in [-0.39, 0.29) is 11.8 Å². The first-order chi connectivity index (χ1) is 11.9. The van der Waals surface area contributed by atoms with E-state index < -0.39 is 10.0 Å². The molecule has 0 aliphatic carbocycles. The second-order valence-corrected chi connectivity index (χ2v) is 8.49. The van der Waals surface area contributed by atoms with Crippen LogP contribution in [-0.4, -0.2) is 52.0 Å². The van der Waals surface area contributed by atoms with E-state index in [0.29, 0.717) is 44.0 Å². The van der Waals surface area contributed by atoms with E-state index in [1.165, 1.54) is 4.31 Å². The number of amides is 1. The number of nitrogens with one attached hydrogen (secondary N) is 1. The zero-order valence-electron chi connectivity index (χ0n) is 15.2. The van der Waals surface area contributed by atoms with Gasteiger partial charge in [-0.05, 0) is 50.3 Å². The largest absolute Gasteiger partial charge is 0.385 e. The van der Waals surface area contributed by atoms with Crippen molar-refractivity contribution < 1.29 is 17.9 Å². The molecule has 6 nitrogen and oxygen atoms in total. The summed E-state index contributed by atoms with van der Waals surface area (Å²) < 4.78 is 32.2. The molecule has 1 amide bonds. The van der Waals surface area contributed by atoms with Gasteiger partial charge in [-0.3, -0.25) is 4.79 Å². The fourth-order valence-corrected chi connectivity index (χ4v) is 4.83. The molecule has 1 aromatic carbocycles. The molecule has 0 spiro atoms. The van der Waals surface area contributed by atoms with Gasteiger partial charge in [0, 0.05) is 39.3 Å². The van der Waals surface area contributed by atoms with Gasteiger partial charge < -0.3 is 10.1 Å². The maximum absolute atomic E-state index is 12.9. The van der Waals surface area contributed by atoms with Crippen molar-refractivity contribution in [3.63, 3.8) is 0 Å². The molecular formula is C18H28N2O4S. The molecule has 0 radical (unpaired) electrons. The minimum absolute atomic E-state index is 0.0138. The molecule has 1 saturated heterocycles. The van der Waals surface area contributed by atoms with Gasteiger partial charge in [0.15, 0.2) is 0 Å². The molecule has 0 bridgehead atoms. The lowest BCUT2D eigenvalue weighted by Gasteiger charge is -2.31. The van der Waals surface area contributed by atoms with Crippen LogP contribution in [0.5, 0.6) is 0 Å². The molecule has 1 aliphatic heterocycles. The van der Waals surface area contributed by atoms with Crippen molar-refractivity contribution >= 4 is 15.9 Å². The fraction of sp³-hybridized carbons (Fsp3) is 0.611. The highest BCUT2D eigenvalue weighted by molar-refractivity contribution is 7.89. The highest BCUT2D eigenvalue weighted by atomic mass is 32.2. The number of carbonyl (C=O) groups excluding carboxylic acids is 1. The van der Waals surface area contributed by atoms with Gasteiger partial charge in [-0.25, -0.2) is 8.42 Å². The van der Waals surface area contributed by atoms with Gasteiger partial charge in [-0.2, -0.15) is 4.31 Å². The Balaban J connectivity index is 1.95. The van der Waals surface area contributed by atoms with Gasteiger partial charge in [-0.1, -0.05) is 12.1 Å². The number of hydrogen-bond acceptors (Lipinski definition) is 4. The summed E-state index contributed by atoms with van der Waals surface area (Å²) in [4.78, 5) is 12.5. The molecule has 1 aliphatic rings. The Morgan fingerprint density at radius 2 is 1.96 bits per heavy atom. The topological polar surface area (TPSA) is 75.7 Å². The molecule has 0 saturated carbocycles. The third kappa shape index (κ3) is 5.03. The molecule has 0 aromatic heterocycles. The lowest BCUT2D eigenvalue weighted by molar-refractivity contribution is -0.126. The molecule has 1 heterocycles. The number of aryl methyl sites for hydroxylation is 2. The molecule has 7 heteroatoms. The molecule has 1 N–H and O–H groups in total. The summed E-state index contributed by atoms with van der Waals surface area (Å²) in [5.41, 5.74) is 1.68. The van der Waals surface area contributed by atoms with E-state index >= 15 is 0 Å². The third-order valence-corrected chi connectivity index (χ3v) is 6.65. The highest BCUT2D eigenvalue weighted by Gasteiger charge is 2.32. The summed E-state index contributed by atoms with van der Waals surface area (Å²) in [6.07, 6.45) is 1.89. The monoisotopic (exact) mass is 368 g/mol. The van der Waals surface area contributed by atoms with Gasteiger partial charge in [-0.15, -0.1) is 0 Å². The van der Waals surface area contributed by atoms with Crippen molar-refractivity contribution in [1.29, 1.82) is 0 Å². The summed E-state index contributed by atoms with van der Waals surface area (Å²) in [6.45, 7) is 5.67. The number of nitrogens with zero attached hydrogens (tertiary/aromatic N) is 1. The zero-order chi connectivity index (χ0) is 18.4. The average Bonchev–Trinajstić information content (AvgIpc) is 2.60. The molecular weight excluding hydrogens is 340 g/mol. The van der Waals surface area contributed by atoms with Crippen molar-refractivity contribution in [3.8, 4) is 0 Å². The fourth-order valence-electron chi connectivity index (χ4n) is 3.06. The summed E-state index contributed by atoms with van der Waals surface area (Å²) in [6, 6.07) is 5.47. The molecule has 1 fully saturated rings. The van der Waals surface area contributed by atoms with E-state index in [1.807, 2.05) is 26.0 Å². The van der Waals surface area contributed by atoms with Crippen LogP contribution in [0.15, 0.2) is 23.1 Å². The quantitative estimate of drug-likeness (QED) is 0.746. The number of hydrogen-bond donors (Lipinski definition) is 1. The Hall–Kier alpha value is -1.44. The van der Waals surface area contributed by atoms with E-state index in [2.05, 4.69) is 5.32 Å². The minimum Gasteiger partial charge on any atom is -0.385 e. The predicted octanol–water partition coefficient (Wildman–Crippen LogP) is 1.86. The van der Waals surface area contributed by atoms with Crippen molar-refractivity contribution in [2.75, 3.05) is 33.4 Å². The van der Waals surface area contributed by atoms with Gasteiger partial charge in [0.1, 0.15) is 0 Å². The molecule has 25 heavy (non-hydrogen) atoms. The number of methoxy groups -OCH3 is 1. The lowest BCUT2D eigenvalue weighted by atomic mass is 9.97. The number of sulfonamides is 1. The van der Waals surface area contributed by atoms with Gasteiger partial charge in [0.2, 0.25) is 15.9 Å². The molecule has 0 atom stereocenters. The second kappa shape index (κ2) is 8.78. The summed E-state index contributed by atoms with van der Waals surface area (Å²) in [5.74, 6) is -0.104. The van der Waals surface area contributed by atoms with Crippen molar-refractivity contribution in [2.24, 2.45) is 5.92 Å². The summed E-state index contributed by atoms with van der Waals surface area (Å²) >= 11 is 0. The Labute approximate surface area is 150 Å². The number of piperidine rings is 1. The molecule has 1 aromatic rings. The van der Waals surface area contributed by atoms with Crippen LogP contribution < -0.4 is 5.32 Å². The van der Waals surface area contributed by atoms with Crippen LogP contribution in [0.25, 0.3) is 0 Å². The lowest BCUT2D eigenvalue weighted by Crippen LogP contribution is -2.43. The number of rotatable bonds is 7. The molecule has 0 unspecified atom stereocenters. The second-order valence-electron chi connectivity index (χ2n) is 6.58.